The Kier molecular flexibility index (Phi) is 3.41. The first-order chi connectivity index (χ1) is 8.83. The molecule has 1 heterocycles. The molecule has 1 saturated carbocycles. The van der Waals surface area contributed by atoms with Gasteiger partial charge in [0.2, 0.25) is 0 Å². The van der Waals surface area contributed by atoms with Crippen LogP contribution >= 0.6 is 11.8 Å². The van der Waals surface area contributed by atoms with Gasteiger partial charge in [-0.15, -0.1) is 0 Å². The van der Waals surface area contributed by atoms with Gasteiger partial charge in [-0.05, 0) is 24.3 Å². The summed E-state index contributed by atoms with van der Waals surface area (Å²) < 4.78 is 0. The average molecular weight is 258 g/mol. The Hall–Kier alpha value is -1.22. The second-order valence-corrected chi connectivity index (χ2v) is 5.98. The Labute approximate surface area is 113 Å². The van der Waals surface area contributed by atoms with Gasteiger partial charge < -0.3 is 5.32 Å². The minimum absolute atomic E-state index is 0.553. The highest BCUT2D eigenvalue weighted by Crippen LogP contribution is 2.35. The van der Waals surface area contributed by atoms with Gasteiger partial charge in [0, 0.05) is 11.4 Å². The highest BCUT2D eigenvalue weighted by atomic mass is 32.2. The van der Waals surface area contributed by atoms with Crippen molar-refractivity contribution >= 4 is 22.6 Å². The maximum atomic E-state index is 4.82. The summed E-state index contributed by atoms with van der Waals surface area (Å²) in [5.41, 5.74) is 2.08. The molecule has 0 spiro atoms. The van der Waals surface area contributed by atoms with Crippen molar-refractivity contribution in [2.24, 2.45) is 10.9 Å². The van der Waals surface area contributed by atoms with Gasteiger partial charge in [0.15, 0.2) is 5.17 Å². The number of rotatable bonds is 2. The minimum atomic E-state index is 0.553. The number of nitrogens with one attached hydrogen (secondary N) is 1. The highest BCUT2D eigenvalue weighted by molar-refractivity contribution is 8.13. The molecule has 1 aliphatic heterocycles. The van der Waals surface area contributed by atoms with Crippen molar-refractivity contribution in [2.45, 2.75) is 25.3 Å². The Morgan fingerprint density at radius 3 is 2.94 bits per heavy atom. The van der Waals surface area contributed by atoms with Crippen LogP contribution in [-0.2, 0) is 0 Å². The normalized spacial score (nSPS) is 26.3. The third-order valence-electron chi connectivity index (χ3n) is 3.72. The van der Waals surface area contributed by atoms with E-state index in [4.69, 9.17) is 4.99 Å². The fourth-order valence-corrected chi connectivity index (χ4v) is 3.83. The number of fused-ring (bicyclic) bond motifs is 1. The molecule has 2 aliphatic rings. The average Bonchev–Trinajstić information content (AvgIpc) is 2.87. The molecular formula is C15H18N2S. The summed E-state index contributed by atoms with van der Waals surface area (Å²) in [5.74, 6) is 2.02. The Bertz CT molecular complexity index is 467. The molecular weight excluding hydrogens is 240 g/mol. The summed E-state index contributed by atoms with van der Waals surface area (Å²) in [6.07, 6.45) is 3.95. The van der Waals surface area contributed by atoms with Crippen LogP contribution in [0, 0.1) is 5.92 Å². The van der Waals surface area contributed by atoms with E-state index >= 15 is 0 Å². The maximum Gasteiger partial charge on any atom is 0.161 e. The first-order valence-electron chi connectivity index (χ1n) is 6.55. The summed E-state index contributed by atoms with van der Waals surface area (Å²) >= 11 is 1.84. The molecule has 0 aromatic heterocycles. The monoisotopic (exact) mass is 258 g/mol. The summed E-state index contributed by atoms with van der Waals surface area (Å²) in [4.78, 5) is 4.82. The van der Waals surface area contributed by atoms with Crippen molar-refractivity contribution in [1.29, 1.82) is 0 Å². The SMILES string of the molecule is C=C(NC1=NC2CCCC2CS1)c1ccccc1. The number of benzene rings is 1. The lowest BCUT2D eigenvalue weighted by Crippen LogP contribution is -2.28. The molecule has 1 aromatic rings. The van der Waals surface area contributed by atoms with E-state index < -0.39 is 0 Å². The van der Waals surface area contributed by atoms with Gasteiger partial charge in [0.25, 0.3) is 0 Å². The fourth-order valence-electron chi connectivity index (χ4n) is 2.66. The molecule has 3 rings (SSSR count). The van der Waals surface area contributed by atoms with E-state index in [2.05, 4.69) is 24.0 Å². The van der Waals surface area contributed by atoms with Gasteiger partial charge in [-0.2, -0.15) is 0 Å². The number of aliphatic imine (C=N–C) groups is 1. The molecule has 0 saturated heterocycles. The third kappa shape index (κ3) is 2.46. The van der Waals surface area contributed by atoms with Crippen molar-refractivity contribution < 1.29 is 0 Å². The van der Waals surface area contributed by atoms with Crippen LogP contribution in [0.25, 0.3) is 5.70 Å². The molecule has 1 aliphatic carbocycles. The lowest BCUT2D eigenvalue weighted by atomic mass is 10.1. The van der Waals surface area contributed by atoms with Crippen molar-refractivity contribution in [1.82, 2.24) is 5.32 Å². The van der Waals surface area contributed by atoms with Crippen LogP contribution in [0.15, 0.2) is 41.9 Å². The van der Waals surface area contributed by atoms with Gasteiger partial charge in [-0.25, -0.2) is 0 Å². The lowest BCUT2D eigenvalue weighted by Gasteiger charge is -2.24. The van der Waals surface area contributed by atoms with Gasteiger partial charge >= 0.3 is 0 Å². The van der Waals surface area contributed by atoms with Crippen LogP contribution in [0.3, 0.4) is 0 Å². The van der Waals surface area contributed by atoms with Crippen molar-refractivity contribution in [2.75, 3.05) is 5.75 Å². The number of thioether (sulfide) groups is 1. The number of hydrogen-bond acceptors (Lipinski definition) is 3. The zero-order valence-corrected chi connectivity index (χ0v) is 11.2. The van der Waals surface area contributed by atoms with Crippen LogP contribution in [0.1, 0.15) is 24.8 Å². The lowest BCUT2D eigenvalue weighted by molar-refractivity contribution is 0.534. The van der Waals surface area contributed by atoms with E-state index in [1.54, 1.807) is 0 Å². The number of hydrogen-bond donors (Lipinski definition) is 1. The molecule has 2 nitrogen and oxygen atoms in total. The van der Waals surface area contributed by atoms with Crippen molar-refractivity contribution in [3.05, 3.63) is 42.5 Å². The van der Waals surface area contributed by atoms with E-state index in [1.165, 1.54) is 25.0 Å². The van der Waals surface area contributed by atoms with E-state index in [1.807, 2.05) is 30.0 Å². The largest absolute Gasteiger partial charge is 0.335 e. The predicted molar refractivity (Wildman–Crippen MR) is 79.6 cm³/mol. The molecule has 1 fully saturated rings. The van der Waals surface area contributed by atoms with Gasteiger partial charge in [-0.3, -0.25) is 4.99 Å². The molecule has 0 bridgehead atoms. The minimum Gasteiger partial charge on any atom is -0.335 e. The highest BCUT2D eigenvalue weighted by Gasteiger charge is 2.30. The van der Waals surface area contributed by atoms with E-state index in [9.17, 15) is 0 Å². The first kappa shape index (κ1) is 11.8. The molecule has 2 unspecified atom stereocenters. The van der Waals surface area contributed by atoms with Gasteiger partial charge in [0.1, 0.15) is 0 Å². The van der Waals surface area contributed by atoms with Crippen molar-refractivity contribution in [3.8, 4) is 0 Å². The Morgan fingerprint density at radius 1 is 1.28 bits per heavy atom. The standard InChI is InChI=1S/C15H18N2S/c1-11(12-6-3-2-4-7-12)16-15-17-14-9-5-8-13(14)10-18-15/h2-4,6-7,13-14H,1,5,8-10H2,(H,16,17). The van der Waals surface area contributed by atoms with Crippen LogP contribution in [0.4, 0.5) is 0 Å². The van der Waals surface area contributed by atoms with Gasteiger partial charge in [0.05, 0.1) is 6.04 Å². The molecule has 18 heavy (non-hydrogen) atoms. The smallest absolute Gasteiger partial charge is 0.161 e. The second-order valence-electron chi connectivity index (χ2n) is 4.97. The van der Waals surface area contributed by atoms with Crippen LogP contribution in [-0.4, -0.2) is 17.0 Å². The predicted octanol–water partition coefficient (Wildman–Crippen LogP) is 3.52. The molecule has 2 atom stereocenters. The molecule has 1 aromatic carbocycles. The zero-order chi connectivity index (χ0) is 12.4. The quantitative estimate of drug-likeness (QED) is 0.877. The Balaban J connectivity index is 1.68. The molecule has 3 heteroatoms. The molecule has 1 N–H and O–H groups in total. The van der Waals surface area contributed by atoms with Crippen LogP contribution in [0.5, 0.6) is 0 Å². The third-order valence-corrected chi connectivity index (χ3v) is 4.79. The molecule has 94 valence electrons. The fraction of sp³-hybridized carbons (Fsp3) is 0.400. The second kappa shape index (κ2) is 5.19. The molecule has 0 amide bonds. The number of nitrogens with zero attached hydrogens (tertiary/aromatic N) is 1. The summed E-state index contributed by atoms with van der Waals surface area (Å²) in [6.45, 7) is 4.10. The Morgan fingerprint density at radius 2 is 2.11 bits per heavy atom. The summed E-state index contributed by atoms with van der Waals surface area (Å²) in [6, 6.07) is 10.8. The molecule has 0 radical (unpaired) electrons. The number of amidine groups is 1. The topological polar surface area (TPSA) is 24.4 Å². The maximum absolute atomic E-state index is 4.82. The van der Waals surface area contributed by atoms with Gasteiger partial charge in [-0.1, -0.05) is 55.1 Å². The summed E-state index contributed by atoms with van der Waals surface area (Å²) in [5, 5.41) is 4.41. The van der Waals surface area contributed by atoms with Crippen LogP contribution in [0.2, 0.25) is 0 Å². The van der Waals surface area contributed by atoms with Crippen molar-refractivity contribution in [3.63, 3.8) is 0 Å². The van der Waals surface area contributed by atoms with E-state index in [-0.39, 0.29) is 0 Å². The van der Waals surface area contributed by atoms with E-state index in [0.717, 1.165) is 22.3 Å². The van der Waals surface area contributed by atoms with Crippen LogP contribution < -0.4 is 5.32 Å². The van der Waals surface area contributed by atoms with E-state index in [0.29, 0.717) is 6.04 Å². The zero-order valence-electron chi connectivity index (χ0n) is 10.4. The summed E-state index contributed by atoms with van der Waals surface area (Å²) in [7, 11) is 0. The first-order valence-corrected chi connectivity index (χ1v) is 7.53.